The molecule has 0 N–H and O–H groups in total. The molecule has 2 rings (SSSR count). The van der Waals surface area contributed by atoms with Gasteiger partial charge in [0, 0.05) is 17.4 Å². The quantitative estimate of drug-likeness (QED) is 0.754. The molecule has 0 aliphatic heterocycles. The number of benzene rings is 1. The van der Waals surface area contributed by atoms with Crippen molar-refractivity contribution in [1.29, 1.82) is 0 Å². The van der Waals surface area contributed by atoms with E-state index in [4.69, 9.17) is 4.74 Å². The van der Waals surface area contributed by atoms with Crippen LogP contribution in [0.2, 0.25) is 0 Å². The molecule has 0 bridgehead atoms. The minimum absolute atomic E-state index is 0.269. The molecule has 108 valence electrons. The fourth-order valence-electron chi connectivity index (χ4n) is 1.83. The molecule has 0 saturated heterocycles. The molecule has 20 heavy (non-hydrogen) atoms. The number of alkyl halides is 1. The van der Waals surface area contributed by atoms with Gasteiger partial charge in [0.2, 0.25) is 0 Å². The molecule has 0 atom stereocenters. The monoisotopic (exact) mass is 341 g/mol. The van der Waals surface area contributed by atoms with Crippen LogP contribution in [0.1, 0.15) is 25.2 Å². The van der Waals surface area contributed by atoms with Gasteiger partial charge < -0.3 is 4.74 Å². The Morgan fingerprint density at radius 1 is 1.40 bits per heavy atom. The first kappa shape index (κ1) is 15.0. The Bertz CT molecular complexity index is 571. The summed E-state index contributed by atoms with van der Waals surface area (Å²) in [6.07, 6.45) is 1.52. The van der Waals surface area contributed by atoms with Gasteiger partial charge in [-0.25, -0.2) is 14.1 Å². The lowest BCUT2D eigenvalue weighted by atomic mass is 10.2. The van der Waals surface area contributed by atoms with Crippen molar-refractivity contribution in [2.75, 3.05) is 0 Å². The van der Waals surface area contributed by atoms with Crippen molar-refractivity contribution in [3.05, 3.63) is 41.7 Å². The van der Waals surface area contributed by atoms with Crippen LogP contribution < -0.4 is 4.74 Å². The largest absolute Gasteiger partial charge is 0.485 e. The van der Waals surface area contributed by atoms with Crippen molar-refractivity contribution in [2.24, 2.45) is 5.92 Å². The van der Waals surface area contributed by atoms with Crippen molar-refractivity contribution < 1.29 is 9.13 Å². The number of rotatable bonds is 6. The first-order valence-electron chi connectivity index (χ1n) is 6.44. The third-order valence-electron chi connectivity index (χ3n) is 2.76. The summed E-state index contributed by atoms with van der Waals surface area (Å²) in [7, 11) is 0. The molecule has 0 saturated carbocycles. The number of hydrogen-bond donors (Lipinski definition) is 0. The van der Waals surface area contributed by atoms with E-state index in [1.54, 1.807) is 6.07 Å². The van der Waals surface area contributed by atoms with Crippen molar-refractivity contribution in [2.45, 2.75) is 32.3 Å². The Balaban J connectivity index is 2.07. The predicted octanol–water partition coefficient (Wildman–Crippen LogP) is 3.55. The minimum atomic E-state index is -0.269. The van der Waals surface area contributed by atoms with Gasteiger partial charge in [-0.2, -0.15) is 5.10 Å². The van der Waals surface area contributed by atoms with Gasteiger partial charge in [-0.3, -0.25) is 0 Å². The van der Waals surface area contributed by atoms with Gasteiger partial charge in [-0.15, -0.1) is 0 Å². The highest BCUT2D eigenvalue weighted by Gasteiger charge is 2.09. The third kappa shape index (κ3) is 3.79. The second-order valence-corrected chi connectivity index (χ2v) is 5.49. The summed E-state index contributed by atoms with van der Waals surface area (Å²) in [6, 6.07) is 4.48. The van der Waals surface area contributed by atoms with Crippen LogP contribution in [0.25, 0.3) is 0 Å². The van der Waals surface area contributed by atoms with Gasteiger partial charge in [-0.1, -0.05) is 29.8 Å². The van der Waals surface area contributed by atoms with Crippen LogP contribution in [-0.4, -0.2) is 14.8 Å². The molecule has 0 fully saturated rings. The zero-order valence-electron chi connectivity index (χ0n) is 11.5. The summed E-state index contributed by atoms with van der Waals surface area (Å²) in [6.45, 7) is 5.36. The normalized spacial score (nSPS) is 11.1. The second kappa shape index (κ2) is 6.83. The van der Waals surface area contributed by atoms with E-state index in [-0.39, 0.29) is 5.82 Å². The number of nitrogens with zero attached hydrogens (tertiary/aromatic N) is 3. The van der Waals surface area contributed by atoms with Crippen molar-refractivity contribution in [3.63, 3.8) is 0 Å². The first-order valence-corrected chi connectivity index (χ1v) is 7.56. The topological polar surface area (TPSA) is 39.9 Å². The molecular weight excluding hydrogens is 325 g/mol. The minimum Gasteiger partial charge on any atom is -0.485 e. The maximum absolute atomic E-state index is 13.2. The molecule has 0 spiro atoms. The maximum Gasteiger partial charge on any atom is 0.164 e. The smallest absolute Gasteiger partial charge is 0.164 e. The molecule has 1 aromatic heterocycles. The van der Waals surface area contributed by atoms with E-state index in [9.17, 15) is 4.39 Å². The molecule has 0 aliphatic rings. The first-order chi connectivity index (χ1) is 9.60. The van der Waals surface area contributed by atoms with Crippen LogP contribution in [0.5, 0.6) is 5.75 Å². The highest BCUT2D eigenvalue weighted by Crippen LogP contribution is 2.23. The van der Waals surface area contributed by atoms with E-state index in [0.29, 0.717) is 23.6 Å². The number of halogens is 2. The van der Waals surface area contributed by atoms with Crippen LogP contribution in [0, 0.1) is 11.7 Å². The third-order valence-corrected chi connectivity index (χ3v) is 3.36. The molecule has 0 radical (unpaired) electrons. The second-order valence-electron chi connectivity index (χ2n) is 4.93. The highest BCUT2D eigenvalue weighted by molar-refractivity contribution is 9.08. The molecule has 1 aromatic carbocycles. The van der Waals surface area contributed by atoms with E-state index >= 15 is 0 Å². The average Bonchev–Trinajstić information content (AvgIpc) is 2.83. The standard InChI is InChI=1S/C14H17BrFN3O/c1-10(2)7-19-14(17-9-18-19)8-20-13-4-3-12(16)5-11(13)6-15/h3-5,9-10H,6-8H2,1-2H3. The van der Waals surface area contributed by atoms with Crippen LogP contribution in [0.15, 0.2) is 24.5 Å². The summed E-state index contributed by atoms with van der Waals surface area (Å²) in [5.41, 5.74) is 0.778. The molecule has 2 aromatic rings. The summed E-state index contributed by atoms with van der Waals surface area (Å²) >= 11 is 3.33. The van der Waals surface area contributed by atoms with Gasteiger partial charge in [0.1, 0.15) is 24.5 Å². The highest BCUT2D eigenvalue weighted by atomic mass is 79.9. The van der Waals surface area contributed by atoms with Crippen LogP contribution in [0.4, 0.5) is 4.39 Å². The molecule has 0 unspecified atom stereocenters. The van der Waals surface area contributed by atoms with Gasteiger partial charge in [0.25, 0.3) is 0 Å². The summed E-state index contributed by atoms with van der Waals surface area (Å²) < 4.78 is 20.7. The Morgan fingerprint density at radius 2 is 2.20 bits per heavy atom. The van der Waals surface area contributed by atoms with E-state index in [1.807, 2.05) is 4.68 Å². The molecular formula is C14H17BrFN3O. The van der Waals surface area contributed by atoms with E-state index < -0.39 is 0 Å². The zero-order chi connectivity index (χ0) is 14.5. The van der Waals surface area contributed by atoms with Crippen molar-refractivity contribution >= 4 is 15.9 Å². The zero-order valence-corrected chi connectivity index (χ0v) is 13.1. The Labute approximate surface area is 126 Å². The van der Waals surface area contributed by atoms with E-state index in [2.05, 4.69) is 39.9 Å². The maximum atomic E-state index is 13.2. The Morgan fingerprint density at radius 3 is 2.90 bits per heavy atom. The molecule has 0 amide bonds. The SMILES string of the molecule is CC(C)Cn1ncnc1COc1ccc(F)cc1CBr. The molecule has 0 aliphatic carbocycles. The van der Waals surface area contributed by atoms with Crippen molar-refractivity contribution in [1.82, 2.24) is 14.8 Å². The van der Waals surface area contributed by atoms with Crippen molar-refractivity contribution in [3.8, 4) is 5.75 Å². The fourth-order valence-corrected chi connectivity index (χ4v) is 2.27. The number of hydrogen-bond acceptors (Lipinski definition) is 3. The van der Waals surface area contributed by atoms with Crippen LogP contribution in [-0.2, 0) is 18.5 Å². The number of ether oxygens (including phenoxy) is 1. The lowest BCUT2D eigenvalue weighted by Crippen LogP contribution is -2.12. The van der Waals surface area contributed by atoms with Gasteiger partial charge >= 0.3 is 0 Å². The van der Waals surface area contributed by atoms with E-state index in [1.165, 1.54) is 18.5 Å². The van der Waals surface area contributed by atoms with Gasteiger partial charge in [-0.05, 0) is 24.1 Å². The summed E-state index contributed by atoms with van der Waals surface area (Å²) in [4.78, 5) is 4.20. The predicted molar refractivity (Wildman–Crippen MR) is 78.2 cm³/mol. The van der Waals surface area contributed by atoms with Gasteiger partial charge in [0.15, 0.2) is 5.82 Å². The van der Waals surface area contributed by atoms with E-state index in [0.717, 1.165) is 17.9 Å². The fraction of sp³-hybridized carbons (Fsp3) is 0.429. The number of aromatic nitrogens is 3. The molecule has 6 heteroatoms. The van der Waals surface area contributed by atoms with Crippen LogP contribution in [0.3, 0.4) is 0 Å². The lowest BCUT2D eigenvalue weighted by molar-refractivity contribution is 0.280. The Kier molecular flexibility index (Phi) is 5.11. The molecule has 4 nitrogen and oxygen atoms in total. The van der Waals surface area contributed by atoms with Gasteiger partial charge in [0.05, 0.1) is 0 Å². The Hall–Kier alpha value is -1.43. The summed E-state index contributed by atoms with van der Waals surface area (Å²) in [5.74, 6) is 1.64. The molecule has 1 heterocycles. The summed E-state index contributed by atoms with van der Waals surface area (Å²) in [5, 5.41) is 4.72. The lowest BCUT2D eigenvalue weighted by Gasteiger charge is -2.11. The average molecular weight is 342 g/mol. The van der Waals surface area contributed by atoms with Crippen LogP contribution >= 0.6 is 15.9 Å².